The zero-order chi connectivity index (χ0) is 48.4. The zero-order valence-electron chi connectivity index (χ0n) is 40.6. The minimum Gasteiger partial charge on any atom is -0.459 e. The van der Waals surface area contributed by atoms with Gasteiger partial charge in [0.1, 0.15) is 11.3 Å². The molecule has 6 heteroatoms. The van der Waals surface area contributed by atoms with Gasteiger partial charge in [0, 0.05) is 55.2 Å². The molecule has 348 valence electrons. The van der Waals surface area contributed by atoms with Crippen LogP contribution in [0.3, 0.4) is 0 Å². The van der Waals surface area contributed by atoms with Crippen molar-refractivity contribution in [2.75, 3.05) is 0 Å². The van der Waals surface area contributed by atoms with Crippen LogP contribution >= 0.6 is 0 Å². The predicted octanol–water partition coefficient (Wildman–Crippen LogP) is 16.8. The monoisotopic (exact) mass is 939 g/mol. The second-order valence-corrected chi connectivity index (χ2v) is 20.4. The second kappa shape index (κ2) is 16.1. The summed E-state index contributed by atoms with van der Waals surface area (Å²) in [6.45, 7) is 4.65. The molecule has 0 fully saturated rings. The highest BCUT2D eigenvalue weighted by molar-refractivity contribution is 6.18. The average molecular weight is 940 g/mol. The molecule has 3 unspecified atom stereocenters. The number of aromatic nitrogens is 5. The zero-order valence-corrected chi connectivity index (χ0v) is 40.6. The molecule has 7 aromatic carbocycles. The van der Waals surface area contributed by atoms with E-state index in [0.29, 0.717) is 17.5 Å². The fourth-order valence-corrected chi connectivity index (χ4v) is 12.7. The summed E-state index contributed by atoms with van der Waals surface area (Å²) in [5.74, 6) is 2.94. The highest BCUT2D eigenvalue weighted by Crippen LogP contribution is 2.57. The van der Waals surface area contributed by atoms with Gasteiger partial charge in [0.15, 0.2) is 17.5 Å². The van der Waals surface area contributed by atoms with Crippen molar-refractivity contribution in [2.45, 2.75) is 38.5 Å². The Hall–Kier alpha value is -8.87. The molecule has 4 aliphatic rings. The summed E-state index contributed by atoms with van der Waals surface area (Å²) in [5.41, 5.74) is 13.7. The number of hydrogen-bond acceptors (Lipinski definition) is 4. The van der Waals surface area contributed by atoms with Crippen LogP contribution in [-0.4, -0.2) is 24.1 Å². The summed E-state index contributed by atoms with van der Waals surface area (Å²) < 4.78 is 12.1. The van der Waals surface area contributed by atoms with E-state index < -0.39 is 5.41 Å². The van der Waals surface area contributed by atoms with Crippen LogP contribution in [0.2, 0.25) is 0 Å². The molecule has 6 nitrogen and oxygen atoms in total. The summed E-state index contributed by atoms with van der Waals surface area (Å²) in [6, 6.07) is 57.0. The summed E-state index contributed by atoms with van der Waals surface area (Å²) in [6.07, 6.45) is 23.0. The van der Waals surface area contributed by atoms with Crippen molar-refractivity contribution in [1.82, 2.24) is 24.1 Å². The largest absolute Gasteiger partial charge is 0.459 e. The maximum Gasteiger partial charge on any atom is 0.166 e. The van der Waals surface area contributed by atoms with Crippen molar-refractivity contribution in [2.24, 2.45) is 11.8 Å². The number of allylic oxidation sites excluding steroid dienone is 13. The standard InChI is InChI=1S/C67H49N5O/c1-41-38-45(35-36-47(41)42-20-5-3-6-21-42)64-68-65(52-30-19-29-50-48-26-11-14-32-55(48)71(61(50)52)46-24-7-4-8-25-46)70-66(69-64)60-54-31-17-18-37-67(54,2)63-59(51-28-13-16-34-58(51)73-63)62(60)72-56-33-15-12-27-49(56)53-39-43-22-9-10-23-44(43)40-57(53)72/h3-7,9-24,26-37,39-41,54H,8,25,38H2,1-2H3. The molecular formula is C67H49N5O. The first-order valence-electron chi connectivity index (χ1n) is 25.7. The molecule has 0 bridgehead atoms. The lowest BCUT2D eigenvalue weighted by molar-refractivity contribution is 0.390. The molecule has 0 spiro atoms. The average Bonchev–Trinajstić information content (AvgIpc) is 4.11. The Labute approximate surface area is 422 Å². The maximum absolute atomic E-state index is 7.17. The summed E-state index contributed by atoms with van der Waals surface area (Å²) in [4.78, 5) is 17.3. The van der Waals surface area contributed by atoms with Crippen LogP contribution < -0.4 is 0 Å². The van der Waals surface area contributed by atoms with Crippen molar-refractivity contribution in [3.63, 3.8) is 0 Å². The summed E-state index contributed by atoms with van der Waals surface area (Å²) in [7, 11) is 0. The normalized spacial score (nSPS) is 19.6. The second-order valence-electron chi connectivity index (χ2n) is 20.4. The molecule has 4 aliphatic carbocycles. The van der Waals surface area contributed by atoms with Crippen LogP contribution in [0.1, 0.15) is 61.6 Å². The first kappa shape index (κ1) is 41.9. The van der Waals surface area contributed by atoms with Gasteiger partial charge in [-0.15, -0.1) is 0 Å². The topological polar surface area (TPSA) is 61.7 Å². The lowest BCUT2D eigenvalue weighted by Gasteiger charge is -2.40. The third-order valence-electron chi connectivity index (χ3n) is 16.2. The highest BCUT2D eigenvalue weighted by Gasteiger charge is 2.49. The number of rotatable bonds is 6. The molecular weight excluding hydrogens is 891 g/mol. The number of fused-ring (bicyclic) bond motifs is 12. The molecule has 3 atom stereocenters. The van der Waals surface area contributed by atoms with Gasteiger partial charge in [-0.05, 0) is 102 Å². The molecule has 0 aliphatic heterocycles. The lowest BCUT2D eigenvalue weighted by atomic mass is 9.64. The molecule has 73 heavy (non-hydrogen) atoms. The molecule has 15 rings (SSSR count). The van der Waals surface area contributed by atoms with E-state index >= 15 is 0 Å². The van der Waals surface area contributed by atoms with E-state index in [-0.39, 0.29) is 11.8 Å². The van der Waals surface area contributed by atoms with E-state index in [2.05, 4.69) is 235 Å². The minimum atomic E-state index is -0.584. The number of para-hydroxylation sites is 4. The van der Waals surface area contributed by atoms with Gasteiger partial charge in [-0.2, -0.15) is 0 Å². The van der Waals surface area contributed by atoms with E-state index in [9.17, 15) is 0 Å². The van der Waals surface area contributed by atoms with Crippen LogP contribution in [-0.2, 0) is 5.41 Å². The SMILES string of the molecule is CC1CC(c2nc(C3=C(n4c5ccccc5c5cc6ccccc6cc54)c4c(oc5ccccc45)C4(C)C=CC=CC34)nc(-c3cccc4c5ccccc5n(C5=CC=CCC5)c34)n2)=CC=C1c1ccccc1. The van der Waals surface area contributed by atoms with Crippen LogP contribution in [0.5, 0.6) is 0 Å². The van der Waals surface area contributed by atoms with Crippen molar-refractivity contribution < 1.29 is 4.42 Å². The van der Waals surface area contributed by atoms with Crippen molar-refractivity contribution in [3.8, 4) is 11.4 Å². The molecule has 0 amide bonds. The van der Waals surface area contributed by atoms with E-state index in [1.165, 1.54) is 54.7 Å². The Morgan fingerprint density at radius 2 is 1.29 bits per heavy atom. The number of furan rings is 1. The van der Waals surface area contributed by atoms with Crippen molar-refractivity contribution in [1.29, 1.82) is 0 Å². The van der Waals surface area contributed by atoms with Crippen LogP contribution in [0.25, 0.3) is 105 Å². The van der Waals surface area contributed by atoms with Gasteiger partial charge >= 0.3 is 0 Å². The number of hydrogen-bond donors (Lipinski definition) is 0. The fourth-order valence-electron chi connectivity index (χ4n) is 12.7. The van der Waals surface area contributed by atoms with Gasteiger partial charge in [-0.1, -0.05) is 177 Å². The van der Waals surface area contributed by atoms with E-state index in [1.807, 2.05) is 0 Å². The van der Waals surface area contributed by atoms with Crippen molar-refractivity contribution >= 4 is 93.5 Å². The number of nitrogens with zero attached hydrogens (tertiary/aromatic N) is 5. The quantitative estimate of drug-likeness (QED) is 0.167. The third-order valence-corrected chi connectivity index (χ3v) is 16.2. The van der Waals surface area contributed by atoms with Crippen LogP contribution in [0.4, 0.5) is 0 Å². The molecule has 4 aromatic heterocycles. The van der Waals surface area contributed by atoms with E-state index in [4.69, 9.17) is 19.4 Å². The van der Waals surface area contributed by atoms with Gasteiger partial charge in [0.2, 0.25) is 0 Å². The Balaban J connectivity index is 1.10. The Morgan fingerprint density at radius 3 is 2.10 bits per heavy atom. The summed E-state index contributed by atoms with van der Waals surface area (Å²) in [5, 5.41) is 8.19. The molecule has 0 N–H and O–H groups in total. The van der Waals surface area contributed by atoms with Gasteiger partial charge in [0.25, 0.3) is 0 Å². The van der Waals surface area contributed by atoms with E-state index in [0.717, 1.165) is 80.5 Å². The Kier molecular flexibility index (Phi) is 9.22. The molecule has 0 saturated heterocycles. The Bertz CT molecular complexity index is 4390. The van der Waals surface area contributed by atoms with Crippen molar-refractivity contribution in [3.05, 3.63) is 241 Å². The molecule has 4 heterocycles. The highest BCUT2D eigenvalue weighted by atomic mass is 16.3. The maximum atomic E-state index is 7.17. The molecule has 0 saturated carbocycles. The third kappa shape index (κ3) is 6.26. The Morgan fingerprint density at radius 1 is 0.589 bits per heavy atom. The summed E-state index contributed by atoms with van der Waals surface area (Å²) >= 11 is 0. The molecule has 0 radical (unpaired) electrons. The smallest absolute Gasteiger partial charge is 0.166 e. The predicted molar refractivity (Wildman–Crippen MR) is 302 cm³/mol. The first-order chi connectivity index (χ1) is 36.0. The van der Waals surface area contributed by atoms with Gasteiger partial charge < -0.3 is 13.6 Å². The minimum absolute atomic E-state index is 0.217. The van der Waals surface area contributed by atoms with Crippen LogP contribution in [0, 0.1) is 11.8 Å². The van der Waals surface area contributed by atoms with Gasteiger partial charge in [-0.3, -0.25) is 0 Å². The lowest BCUT2D eigenvalue weighted by Crippen LogP contribution is -2.36. The fraction of sp³-hybridized carbons (Fsp3) is 0.119. The number of benzene rings is 7. The van der Waals surface area contributed by atoms with E-state index in [1.54, 1.807) is 0 Å². The first-order valence-corrected chi connectivity index (χ1v) is 25.7. The van der Waals surface area contributed by atoms with Crippen LogP contribution in [0.15, 0.2) is 217 Å². The van der Waals surface area contributed by atoms with Gasteiger partial charge in [0.05, 0.1) is 33.2 Å². The molecule has 11 aromatic rings. The van der Waals surface area contributed by atoms with Gasteiger partial charge in [-0.25, -0.2) is 15.0 Å².